The quantitative estimate of drug-likeness (QED) is 0.651. The molecule has 1 fully saturated rings. The summed E-state index contributed by atoms with van der Waals surface area (Å²) in [6.07, 6.45) is 1.41. The van der Waals surface area contributed by atoms with Gasteiger partial charge in [0.15, 0.2) is 0 Å². The molecule has 0 aromatic carbocycles. The zero-order chi connectivity index (χ0) is 14.5. The van der Waals surface area contributed by atoms with Gasteiger partial charge in [0, 0.05) is 46.2 Å². The monoisotopic (exact) mass is 292 g/mol. The topological polar surface area (TPSA) is 98.8 Å². The van der Waals surface area contributed by atoms with Gasteiger partial charge in [-0.15, -0.1) is 0 Å². The summed E-state index contributed by atoms with van der Waals surface area (Å²) in [5, 5.41) is 4.48. The molecule has 1 rings (SSSR count). The van der Waals surface area contributed by atoms with Gasteiger partial charge in [-0.1, -0.05) is 0 Å². The van der Waals surface area contributed by atoms with Gasteiger partial charge in [-0.3, -0.25) is 10.1 Å². The Morgan fingerprint density at radius 2 is 1.74 bits per heavy atom. The number of piperazine rings is 1. The first-order valence-corrected chi connectivity index (χ1v) is 7.87. The van der Waals surface area contributed by atoms with Crippen LogP contribution in [0.3, 0.4) is 0 Å². The third kappa shape index (κ3) is 5.53. The molecule has 0 spiro atoms. The van der Waals surface area contributed by atoms with E-state index in [0.29, 0.717) is 32.7 Å². The molecule has 9 heteroatoms. The van der Waals surface area contributed by atoms with E-state index >= 15 is 0 Å². The second kappa shape index (κ2) is 6.83. The van der Waals surface area contributed by atoms with Gasteiger partial charge in [-0.05, 0) is 0 Å². The lowest BCUT2D eigenvalue weighted by atomic mass is 10.3. The predicted molar refractivity (Wildman–Crippen MR) is 70.1 cm³/mol. The van der Waals surface area contributed by atoms with E-state index in [2.05, 4.69) is 10.6 Å². The number of rotatable bonds is 4. The maximum Gasteiger partial charge on any atom is 0.321 e. The second-order valence-corrected chi connectivity index (χ2v) is 6.36. The molecule has 1 heterocycles. The summed E-state index contributed by atoms with van der Waals surface area (Å²) in [6, 6.07) is -0.521. The first-order valence-electron chi connectivity index (χ1n) is 6.02. The number of hydrogen-bond donors (Lipinski definition) is 2. The number of carbonyl (C=O) groups is 2. The summed E-state index contributed by atoms with van der Waals surface area (Å²) in [6.45, 7) is 2.59. The Hall–Kier alpha value is -1.19. The SMILES string of the molecule is CNC(=O)NC(=O)CCN1CCN(S(C)(=O)=O)CC1. The third-order valence-corrected chi connectivity index (χ3v) is 4.24. The molecule has 19 heavy (non-hydrogen) atoms. The number of hydrogen-bond acceptors (Lipinski definition) is 5. The van der Waals surface area contributed by atoms with Crippen LogP contribution in [0.25, 0.3) is 0 Å². The van der Waals surface area contributed by atoms with Gasteiger partial charge >= 0.3 is 6.03 Å². The van der Waals surface area contributed by atoms with E-state index in [9.17, 15) is 18.0 Å². The summed E-state index contributed by atoms with van der Waals surface area (Å²) in [7, 11) is -1.69. The van der Waals surface area contributed by atoms with Crippen LogP contribution in [0.1, 0.15) is 6.42 Å². The molecule has 0 radical (unpaired) electrons. The minimum atomic E-state index is -3.13. The van der Waals surface area contributed by atoms with Gasteiger partial charge in [0.05, 0.1) is 6.26 Å². The minimum absolute atomic E-state index is 0.215. The number of urea groups is 1. The maximum atomic E-state index is 11.4. The van der Waals surface area contributed by atoms with Crippen LogP contribution in [0.4, 0.5) is 4.79 Å². The zero-order valence-corrected chi connectivity index (χ0v) is 12.0. The van der Waals surface area contributed by atoms with Crippen molar-refractivity contribution in [2.45, 2.75) is 6.42 Å². The summed E-state index contributed by atoms with van der Waals surface area (Å²) in [4.78, 5) is 24.3. The van der Waals surface area contributed by atoms with Crippen molar-refractivity contribution in [2.75, 3.05) is 46.0 Å². The van der Waals surface area contributed by atoms with Crippen LogP contribution >= 0.6 is 0 Å². The van der Waals surface area contributed by atoms with Crippen molar-refractivity contribution in [1.82, 2.24) is 19.8 Å². The van der Waals surface area contributed by atoms with Crippen LogP contribution < -0.4 is 10.6 Å². The van der Waals surface area contributed by atoms with Crippen LogP contribution in [-0.2, 0) is 14.8 Å². The Kier molecular flexibility index (Phi) is 5.70. The highest BCUT2D eigenvalue weighted by Crippen LogP contribution is 2.06. The average Bonchev–Trinajstić information content (AvgIpc) is 2.35. The Morgan fingerprint density at radius 1 is 1.16 bits per heavy atom. The van der Waals surface area contributed by atoms with Gasteiger partial charge < -0.3 is 10.2 Å². The van der Waals surface area contributed by atoms with Crippen LogP contribution in [0.5, 0.6) is 0 Å². The van der Waals surface area contributed by atoms with Crippen molar-refractivity contribution < 1.29 is 18.0 Å². The van der Waals surface area contributed by atoms with E-state index in [1.165, 1.54) is 17.6 Å². The summed E-state index contributed by atoms with van der Waals surface area (Å²) in [5.41, 5.74) is 0. The molecule has 0 atom stereocenters. The van der Waals surface area contributed by atoms with E-state index < -0.39 is 16.1 Å². The highest BCUT2D eigenvalue weighted by Gasteiger charge is 2.23. The molecular formula is C10H20N4O4S. The number of sulfonamides is 1. The van der Waals surface area contributed by atoms with Crippen LogP contribution in [0.2, 0.25) is 0 Å². The standard InChI is InChI=1S/C10H20N4O4S/c1-11-10(16)12-9(15)3-4-13-5-7-14(8-6-13)19(2,17)18/h3-8H2,1-2H3,(H2,11,12,15,16). The molecular weight excluding hydrogens is 272 g/mol. The molecule has 0 aromatic rings. The molecule has 1 saturated heterocycles. The molecule has 2 N–H and O–H groups in total. The van der Waals surface area contributed by atoms with E-state index in [0.717, 1.165) is 0 Å². The lowest BCUT2D eigenvalue weighted by Crippen LogP contribution is -2.49. The molecule has 0 bridgehead atoms. The largest absolute Gasteiger partial charge is 0.341 e. The van der Waals surface area contributed by atoms with Crippen LogP contribution in [0.15, 0.2) is 0 Å². The smallest absolute Gasteiger partial charge is 0.321 e. The first-order chi connectivity index (χ1) is 8.82. The number of amides is 3. The van der Waals surface area contributed by atoms with E-state index in [1.807, 2.05) is 4.90 Å². The van der Waals surface area contributed by atoms with Crippen molar-refractivity contribution in [3.63, 3.8) is 0 Å². The lowest BCUT2D eigenvalue weighted by molar-refractivity contribution is -0.120. The van der Waals surface area contributed by atoms with E-state index in [-0.39, 0.29) is 12.3 Å². The Labute approximate surface area is 113 Å². The fourth-order valence-corrected chi connectivity index (χ4v) is 2.62. The van der Waals surface area contributed by atoms with Crippen molar-refractivity contribution in [2.24, 2.45) is 0 Å². The van der Waals surface area contributed by atoms with Gasteiger partial charge in [-0.2, -0.15) is 4.31 Å². The Bertz CT molecular complexity index is 429. The average molecular weight is 292 g/mol. The zero-order valence-electron chi connectivity index (χ0n) is 11.2. The third-order valence-electron chi connectivity index (χ3n) is 2.94. The van der Waals surface area contributed by atoms with Crippen molar-refractivity contribution >= 4 is 22.0 Å². The number of carbonyl (C=O) groups excluding carboxylic acids is 2. The van der Waals surface area contributed by atoms with Gasteiger partial charge in [0.25, 0.3) is 0 Å². The summed E-state index contributed by atoms with van der Waals surface area (Å²) in [5.74, 6) is -0.343. The fourth-order valence-electron chi connectivity index (χ4n) is 1.80. The van der Waals surface area contributed by atoms with Gasteiger partial charge in [0.1, 0.15) is 0 Å². The molecule has 0 unspecified atom stereocenters. The Morgan fingerprint density at radius 3 is 2.21 bits per heavy atom. The van der Waals surface area contributed by atoms with Crippen molar-refractivity contribution in [3.8, 4) is 0 Å². The first kappa shape index (κ1) is 15.9. The van der Waals surface area contributed by atoms with Crippen molar-refractivity contribution in [3.05, 3.63) is 0 Å². The molecule has 1 aliphatic heterocycles. The van der Waals surface area contributed by atoms with E-state index in [4.69, 9.17) is 0 Å². The van der Waals surface area contributed by atoms with Gasteiger partial charge in [-0.25, -0.2) is 13.2 Å². The molecule has 110 valence electrons. The Balaban J connectivity index is 2.27. The lowest BCUT2D eigenvalue weighted by Gasteiger charge is -2.32. The van der Waals surface area contributed by atoms with Crippen LogP contribution in [0, 0.1) is 0 Å². The minimum Gasteiger partial charge on any atom is -0.341 e. The molecule has 1 aliphatic rings. The molecule has 0 saturated carbocycles. The number of nitrogens with zero attached hydrogens (tertiary/aromatic N) is 2. The normalized spacial score (nSPS) is 18.0. The van der Waals surface area contributed by atoms with Gasteiger partial charge in [0.2, 0.25) is 15.9 Å². The predicted octanol–water partition coefficient (Wildman–Crippen LogP) is -1.59. The molecule has 0 aliphatic carbocycles. The maximum absolute atomic E-state index is 11.4. The number of nitrogens with one attached hydrogen (secondary N) is 2. The fraction of sp³-hybridized carbons (Fsp3) is 0.800. The molecule has 3 amide bonds. The number of imide groups is 1. The molecule has 8 nitrogen and oxygen atoms in total. The second-order valence-electron chi connectivity index (χ2n) is 4.38. The summed E-state index contributed by atoms with van der Waals surface area (Å²) < 4.78 is 24.0. The summed E-state index contributed by atoms with van der Waals surface area (Å²) >= 11 is 0. The molecule has 0 aromatic heterocycles. The van der Waals surface area contributed by atoms with E-state index in [1.54, 1.807) is 0 Å². The highest BCUT2D eigenvalue weighted by atomic mass is 32.2. The van der Waals surface area contributed by atoms with Crippen molar-refractivity contribution in [1.29, 1.82) is 0 Å². The highest BCUT2D eigenvalue weighted by molar-refractivity contribution is 7.88. The van der Waals surface area contributed by atoms with Crippen LogP contribution in [-0.4, -0.2) is 75.6 Å².